The average molecular weight is 344 g/mol. The maximum Gasteiger partial charge on any atom is 0.0577 e. The second-order valence-corrected chi connectivity index (χ2v) is 6.87. The second-order valence-electron chi connectivity index (χ2n) is 5.96. The molecule has 1 aliphatic carbocycles. The Hall–Kier alpha value is -1.12. The number of aryl methyl sites for hydroxylation is 3. The minimum absolute atomic E-state index is 0.259. The highest BCUT2D eigenvalue weighted by atomic mass is 79.9. The normalized spacial score (nSPS) is 15.6. The van der Waals surface area contributed by atoms with Crippen molar-refractivity contribution in [2.75, 3.05) is 7.05 Å². The first-order valence-electron chi connectivity index (χ1n) is 7.74. The van der Waals surface area contributed by atoms with E-state index in [0.717, 1.165) is 4.47 Å². The molecule has 2 aromatic carbocycles. The summed E-state index contributed by atoms with van der Waals surface area (Å²) in [4.78, 5) is 0. The van der Waals surface area contributed by atoms with E-state index >= 15 is 0 Å². The van der Waals surface area contributed by atoms with E-state index in [1.807, 2.05) is 7.05 Å². The fourth-order valence-electron chi connectivity index (χ4n) is 3.36. The van der Waals surface area contributed by atoms with Gasteiger partial charge in [0.15, 0.2) is 0 Å². The highest BCUT2D eigenvalue weighted by Crippen LogP contribution is 2.30. The lowest BCUT2D eigenvalue weighted by molar-refractivity contribution is 0.666. The van der Waals surface area contributed by atoms with Crippen molar-refractivity contribution in [3.8, 4) is 0 Å². The first-order chi connectivity index (χ1) is 10.2. The number of fused-ring (bicyclic) bond motifs is 1. The first kappa shape index (κ1) is 14.8. The monoisotopic (exact) mass is 343 g/mol. The third kappa shape index (κ3) is 3.07. The lowest BCUT2D eigenvalue weighted by atomic mass is 9.87. The summed E-state index contributed by atoms with van der Waals surface area (Å²) in [5, 5.41) is 3.49. The molecule has 1 N–H and O–H groups in total. The molecule has 0 spiro atoms. The van der Waals surface area contributed by atoms with E-state index in [-0.39, 0.29) is 6.04 Å². The third-order valence-corrected chi connectivity index (χ3v) is 5.04. The predicted octanol–water partition coefficient (Wildman–Crippen LogP) is 4.95. The van der Waals surface area contributed by atoms with Gasteiger partial charge < -0.3 is 5.32 Å². The van der Waals surface area contributed by atoms with Crippen molar-refractivity contribution in [1.82, 2.24) is 5.32 Å². The maximum atomic E-state index is 3.60. The smallest absolute Gasteiger partial charge is 0.0577 e. The molecule has 1 nitrogen and oxygen atoms in total. The second kappa shape index (κ2) is 6.33. The van der Waals surface area contributed by atoms with Crippen molar-refractivity contribution in [3.05, 3.63) is 68.7 Å². The number of halogens is 1. The molecule has 0 aliphatic heterocycles. The quantitative estimate of drug-likeness (QED) is 0.831. The minimum atomic E-state index is 0.259. The number of benzene rings is 2. The molecule has 0 bridgehead atoms. The van der Waals surface area contributed by atoms with E-state index in [0.29, 0.717) is 0 Å². The molecule has 2 aromatic rings. The standard InChI is InChI=1S/C19H22BrN/c1-13-7-10-17(20)12-18(13)19(21-2)16-9-8-14-5-3-4-6-15(14)11-16/h7-12,19,21H,3-6H2,1-2H3. The summed E-state index contributed by atoms with van der Waals surface area (Å²) in [6.07, 6.45) is 5.15. The van der Waals surface area contributed by atoms with Crippen LogP contribution in [0.2, 0.25) is 0 Å². The van der Waals surface area contributed by atoms with Crippen LogP contribution in [0.4, 0.5) is 0 Å². The molecule has 0 amide bonds. The molecule has 0 fully saturated rings. The number of nitrogens with one attached hydrogen (secondary N) is 1. The molecule has 0 saturated heterocycles. The van der Waals surface area contributed by atoms with E-state index in [4.69, 9.17) is 0 Å². The van der Waals surface area contributed by atoms with Gasteiger partial charge in [0.25, 0.3) is 0 Å². The summed E-state index contributed by atoms with van der Waals surface area (Å²) in [6.45, 7) is 2.19. The van der Waals surface area contributed by atoms with Crippen molar-refractivity contribution in [2.45, 2.75) is 38.6 Å². The summed E-state index contributed by atoms with van der Waals surface area (Å²) in [7, 11) is 2.05. The van der Waals surface area contributed by atoms with E-state index in [1.165, 1.54) is 42.4 Å². The van der Waals surface area contributed by atoms with Crippen LogP contribution >= 0.6 is 15.9 Å². The summed E-state index contributed by atoms with van der Waals surface area (Å²) < 4.78 is 1.14. The molecule has 3 rings (SSSR count). The van der Waals surface area contributed by atoms with E-state index in [9.17, 15) is 0 Å². The van der Waals surface area contributed by atoms with E-state index < -0.39 is 0 Å². The number of rotatable bonds is 3. The van der Waals surface area contributed by atoms with Crippen LogP contribution in [0.25, 0.3) is 0 Å². The third-order valence-electron chi connectivity index (χ3n) is 4.55. The van der Waals surface area contributed by atoms with Gasteiger partial charge in [-0.3, -0.25) is 0 Å². The van der Waals surface area contributed by atoms with Crippen molar-refractivity contribution < 1.29 is 0 Å². The van der Waals surface area contributed by atoms with Gasteiger partial charge in [-0.1, -0.05) is 40.2 Å². The Morgan fingerprint density at radius 3 is 2.52 bits per heavy atom. The van der Waals surface area contributed by atoms with Crippen molar-refractivity contribution >= 4 is 15.9 Å². The highest BCUT2D eigenvalue weighted by molar-refractivity contribution is 9.10. The molecular weight excluding hydrogens is 322 g/mol. The van der Waals surface area contributed by atoms with Crippen LogP contribution in [0.15, 0.2) is 40.9 Å². The SMILES string of the molecule is CNC(c1ccc2c(c1)CCCC2)c1cc(Br)ccc1C. The molecule has 0 saturated carbocycles. The van der Waals surface area contributed by atoms with Gasteiger partial charge in [-0.15, -0.1) is 0 Å². The molecular formula is C19H22BrN. The zero-order chi connectivity index (χ0) is 14.8. The van der Waals surface area contributed by atoms with E-state index in [1.54, 1.807) is 11.1 Å². The zero-order valence-corrected chi connectivity index (χ0v) is 14.3. The summed E-state index contributed by atoms with van der Waals surface area (Å²) in [5.74, 6) is 0. The van der Waals surface area contributed by atoms with Gasteiger partial charge in [-0.05, 0) is 79.6 Å². The van der Waals surface area contributed by atoms with Crippen molar-refractivity contribution in [3.63, 3.8) is 0 Å². The Labute approximate surface area is 135 Å². The van der Waals surface area contributed by atoms with Gasteiger partial charge in [-0.2, -0.15) is 0 Å². The van der Waals surface area contributed by atoms with Gasteiger partial charge >= 0.3 is 0 Å². The fourth-order valence-corrected chi connectivity index (χ4v) is 3.74. The van der Waals surface area contributed by atoms with Gasteiger partial charge in [-0.25, -0.2) is 0 Å². The molecule has 0 radical (unpaired) electrons. The molecule has 110 valence electrons. The van der Waals surface area contributed by atoms with Crippen LogP contribution in [0.1, 0.15) is 46.7 Å². The molecule has 0 aromatic heterocycles. The largest absolute Gasteiger partial charge is 0.309 e. The molecule has 1 unspecified atom stereocenters. The Balaban J connectivity index is 2.01. The Bertz CT molecular complexity index is 648. The van der Waals surface area contributed by atoms with Crippen molar-refractivity contribution in [2.24, 2.45) is 0 Å². The van der Waals surface area contributed by atoms with Crippen LogP contribution in [-0.2, 0) is 12.8 Å². The summed E-state index contributed by atoms with van der Waals surface area (Å²) in [6, 6.07) is 13.8. The summed E-state index contributed by atoms with van der Waals surface area (Å²) >= 11 is 3.60. The molecule has 1 aliphatic rings. The zero-order valence-electron chi connectivity index (χ0n) is 12.7. The Kier molecular flexibility index (Phi) is 4.46. The van der Waals surface area contributed by atoms with Crippen LogP contribution in [-0.4, -0.2) is 7.05 Å². The maximum absolute atomic E-state index is 3.60. The first-order valence-corrected chi connectivity index (χ1v) is 8.53. The number of hydrogen-bond acceptors (Lipinski definition) is 1. The molecule has 0 heterocycles. The van der Waals surface area contributed by atoms with E-state index in [2.05, 4.69) is 64.6 Å². The summed E-state index contributed by atoms with van der Waals surface area (Å²) in [5.41, 5.74) is 7.15. The van der Waals surface area contributed by atoms with Crippen LogP contribution in [0.3, 0.4) is 0 Å². The highest BCUT2D eigenvalue weighted by Gasteiger charge is 2.17. The lowest BCUT2D eigenvalue weighted by Crippen LogP contribution is -2.19. The Morgan fingerprint density at radius 1 is 1.00 bits per heavy atom. The van der Waals surface area contributed by atoms with Crippen LogP contribution in [0.5, 0.6) is 0 Å². The van der Waals surface area contributed by atoms with Gasteiger partial charge in [0.2, 0.25) is 0 Å². The molecule has 21 heavy (non-hydrogen) atoms. The molecule has 1 atom stereocenters. The van der Waals surface area contributed by atoms with Gasteiger partial charge in [0.1, 0.15) is 0 Å². The predicted molar refractivity (Wildman–Crippen MR) is 92.9 cm³/mol. The van der Waals surface area contributed by atoms with Crippen molar-refractivity contribution in [1.29, 1.82) is 0 Å². The van der Waals surface area contributed by atoms with Gasteiger partial charge in [0, 0.05) is 4.47 Å². The van der Waals surface area contributed by atoms with Crippen LogP contribution in [0, 0.1) is 6.92 Å². The minimum Gasteiger partial charge on any atom is -0.309 e. The van der Waals surface area contributed by atoms with Gasteiger partial charge in [0.05, 0.1) is 6.04 Å². The lowest BCUT2D eigenvalue weighted by Gasteiger charge is -2.23. The topological polar surface area (TPSA) is 12.0 Å². The Morgan fingerprint density at radius 2 is 1.76 bits per heavy atom. The average Bonchev–Trinajstić information content (AvgIpc) is 2.51. The molecule has 2 heteroatoms. The van der Waals surface area contributed by atoms with Crippen LogP contribution < -0.4 is 5.32 Å². The fraction of sp³-hybridized carbons (Fsp3) is 0.368. The number of hydrogen-bond donors (Lipinski definition) is 1.